The monoisotopic (exact) mass is 655 g/mol. The number of hydrogen-bond acceptors (Lipinski definition) is 4. The highest BCUT2D eigenvalue weighted by molar-refractivity contribution is 14.2. The summed E-state index contributed by atoms with van der Waals surface area (Å²) in [5, 5.41) is 18.4. The van der Waals surface area contributed by atoms with Crippen LogP contribution in [0.1, 0.15) is 12.8 Å². The highest BCUT2D eigenvalue weighted by atomic mass is 127. The SMILES string of the molecule is NC(CC1(I)C=CC(Oc2ccc(O)cc2)C(I)(I)C1)C(=O)O. The summed E-state index contributed by atoms with van der Waals surface area (Å²) >= 11 is 6.97. The number of carbonyl (C=O) groups is 1. The lowest BCUT2D eigenvalue weighted by molar-refractivity contribution is -0.138. The van der Waals surface area contributed by atoms with E-state index in [-0.39, 0.29) is 16.7 Å². The van der Waals surface area contributed by atoms with Gasteiger partial charge in [0, 0.05) is 3.42 Å². The Morgan fingerprint density at radius 3 is 2.48 bits per heavy atom. The predicted molar refractivity (Wildman–Crippen MR) is 114 cm³/mol. The Balaban J connectivity index is 2.13. The molecule has 3 unspecified atom stereocenters. The van der Waals surface area contributed by atoms with Crippen LogP contribution in [0.4, 0.5) is 0 Å². The zero-order valence-corrected chi connectivity index (χ0v) is 18.4. The van der Waals surface area contributed by atoms with Crippen LogP contribution < -0.4 is 10.5 Å². The Bertz CT molecular complexity index is 605. The second kappa shape index (κ2) is 7.60. The molecule has 0 heterocycles. The molecule has 0 spiro atoms. The lowest BCUT2D eigenvalue weighted by Gasteiger charge is -2.40. The summed E-state index contributed by atoms with van der Waals surface area (Å²) in [4.78, 5) is 11.0. The lowest BCUT2D eigenvalue weighted by Crippen LogP contribution is -2.46. The average Bonchev–Trinajstić information content (AvgIpc) is 2.43. The highest BCUT2D eigenvalue weighted by Gasteiger charge is 2.45. The number of alkyl halides is 3. The molecule has 0 fully saturated rings. The van der Waals surface area contributed by atoms with E-state index in [1.807, 2.05) is 12.2 Å². The largest absolute Gasteiger partial charge is 0.508 e. The van der Waals surface area contributed by atoms with Gasteiger partial charge in [0.05, 0.1) is 0 Å². The number of benzene rings is 1. The minimum absolute atomic E-state index is 0.155. The number of carboxylic acid groups (broad SMARTS) is 1. The maximum absolute atomic E-state index is 11.0. The van der Waals surface area contributed by atoms with Gasteiger partial charge < -0.3 is 20.7 Å². The van der Waals surface area contributed by atoms with Gasteiger partial charge in [-0.15, -0.1) is 0 Å². The van der Waals surface area contributed by atoms with E-state index in [1.54, 1.807) is 24.3 Å². The Hall–Kier alpha value is 0.180. The van der Waals surface area contributed by atoms with Crippen molar-refractivity contribution in [2.24, 2.45) is 5.73 Å². The van der Waals surface area contributed by atoms with Gasteiger partial charge in [-0.05, 0) is 43.2 Å². The molecule has 5 nitrogen and oxygen atoms in total. The topological polar surface area (TPSA) is 92.8 Å². The van der Waals surface area contributed by atoms with Gasteiger partial charge in [-0.2, -0.15) is 0 Å². The molecule has 1 aromatic rings. The van der Waals surface area contributed by atoms with Gasteiger partial charge in [0.25, 0.3) is 0 Å². The fourth-order valence-electron chi connectivity index (χ4n) is 2.34. The molecule has 4 N–H and O–H groups in total. The first-order valence-electron chi connectivity index (χ1n) is 6.81. The Morgan fingerprint density at radius 2 is 1.96 bits per heavy atom. The van der Waals surface area contributed by atoms with Crippen LogP contribution in [-0.4, -0.2) is 33.2 Å². The van der Waals surface area contributed by atoms with Gasteiger partial charge in [-0.1, -0.05) is 73.8 Å². The summed E-state index contributed by atoms with van der Waals surface area (Å²) in [5.74, 6) is -0.108. The normalized spacial score (nSPS) is 27.4. The van der Waals surface area contributed by atoms with E-state index in [1.165, 1.54) is 0 Å². The van der Waals surface area contributed by atoms with Crippen LogP contribution in [0.5, 0.6) is 11.5 Å². The van der Waals surface area contributed by atoms with E-state index >= 15 is 0 Å². The van der Waals surface area contributed by atoms with Crippen LogP contribution in [0.25, 0.3) is 0 Å². The first-order chi connectivity index (χ1) is 10.6. The molecule has 23 heavy (non-hydrogen) atoms. The van der Waals surface area contributed by atoms with Crippen LogP contribution in [0.2, 0.25) is 0 Å². The molecule has 0 saturated carbocycles. The lowest BCUT2D eigenvalue weighted by atomic mass is 9.88. The maximum Gasteiger partial charge on any atom is 0.320 e. The summed E-state index contributed by atoms with van der Waals surface area (Å²) in [6.45, 7) is 0. The number of allylic oxidation sites excluding steroid dienone is 1. The summed E-state index contributed by atoms with van der Waals surface area (Å²) in [7, 11) is 0. The summed E-state index contributed by atoms with van der Waals surface area (Å²) in [5.41, 5.74) is 5.70. The number of carboxylic acids is 1. The number of hydrogen-bond donors (Lipinski definition) is 3. The summed E-state index contributed by atoms with van der Waals surface area (Å²) in [6, 6.07) is 5.73. The number of aliphatic carboxylic acids is 1. The number of nitrogens with two attached hydrogens (primary N) is 1. The zero-order valence-electron chi connectivity index (χ0n) is 12.0. The number of rotatable bonds is 5. The van der Waals surface area contributed by atoms with Crippen molar-refractivity contribution >= 4 is 73.7 Å². The molecular formula is C15H16I3NO4. The number of ether oxygens (including phenoxy) is 1. The molecular weight excluding hydrogens is 639 g/mol. The molecule has 1 aliphatic rings. The Morgan fingerprint density at radius 1 is 1.35 bits per heavy atom. The standard InChI is InChI=1S/C15H16I3NO4/c16-14(7-11(19)13(21)22)6-5-12(15(17,18)8-14)23-10-3-1-9(20)2-4-10/h1-6,11-12,20H,7-8,19H2,(H,21,22). The van der Waals surface area contributed by atoms with E-state index in [2.05, 4.69) is 67.8 Å². The number of halogens is 3. The van der Waals surface area contributed by atoms with Crippen molar-refractivity contribution in [3.63, 3.8) is 0 Å². The van der Waals surface area contributed by atoms with Gasteiger partial charge in [0.2, 0.25) is 0 Å². The Kier molecular flexibility index (Phi) is 6.45. The van der Waals surface area contributed by atoms with Crippen LogP contribution in [0, 0.1) is 0 Å². The Labute approximate surface area is 175 Å². The van der Waals surface area contributed by atoms with Crippen molar-refractivity contribution < 1.29 is 19.7 Å². The van der Waals surface area contributed by atoms with Crippen molar-refractivity contribution in [2.75, 3.05) is 0 Å². The van der Waals surface area contributed by atoms with E-state index in [0.29, 0.717) is 12.2 Å². The summed E-state index contributed by atoms with van der Waals surface area (Å²) in [6.07, 6.45) is 4.92. The average molecular weight is 655 g/mol. The summed E-state index contributed by atoms with van der Waals surface area (Å²) < 4.78 is 5.46. The van der Waals surface area contributed by atoms with Crippen molar-refractivity contribution in [3.8, 4) is 11.5 Å². The van der Waals surface area contributed by atoms with Crippen LogP contribution in [-0.2, 0) is 4.79 Å². The third-order valence-electron chi connectivity index (χ3n) is 3.49. The maximum atomic E-state index is 11.0. The van der Waals surface area contributed by atoms with Crippen LogP contribution >= 0.6 is 67.8 Å². The van der Waals surface area contributed by atoms with Gasteiger partial charge in [-0.25, -0.2) is 0 Å². The molecule has 3 atom stereocenters. The van der Waals surface area contributed by atoms with Crippen LogP contribution in [0.3, 0.4) is 0 Å². The number of phenolic OH excluding ortho intramolecular Hbond substituents is 1. The molecule has 0 bridgehead atoms. The first kappa shape index (κ1) is 19.5. The quantitative estimate of drug-likeness (QED) is 0.256. The molecule has 1 aliphatic carbocycles. The third kappa shape index (κ3) is 5.33. The zero-order chi connectivity index (χ0) is 17.3. The number of aromatic hydroxyl groups is 1. The fourth-order valence-corrected chi connectivity index (χ4v) is 7.12. The van der Waals surface area contributed by atoms with Crippen molar-refractivity contribution in [1.82, 2.24) is 0 Å². The molecule has 2 rings (SSSR count). The van der Waals surface area contributed by atoms with Gasteiger partial charge in [0.1, 0.15) is 25.1 Å². The smallest absolute Gasteiger partial charge is 0.320 e. The molecule has 0 aromatic heterocycles. The predicted octanol–water partition coefficient (Wildman–Crippen LogP) is 3.64. The molecule has 8 heteroatoms. The highest BCUT2D eigenvalue weighted by Crippen LogP contribution is 2.49. The van der Waals surface area contributed by atoms with Crippen LogP contribution in [0.15, 0.2) is 36.4 Å². The van der Waals surface area contributed by atoms with E-state index in [4.69, 9.17) is 15.6 Å². The molecule has 0 radical (unpaired) electrons. The van der Waals surface area contributed by atoms with Crippen molar-refractivity contribution in [2.45, 2.75) is 29.8 Å². The second-order valence-corrected chi connectivity index (χ2v) is 13.6. The van der Waals surface area contributed by atoms with E-state index in [9.17, 15) is 9.90 Å². The number of phenols is 1. The van der Waals surface area contributed by atoms with Crippen molar-refractivity contribution in [1.29, 1.82) is 0 Å². The molecule has 0 aliphatic heterocycles. The van der Waals surface area contributed by atoms with E-state index < -0.39 is 12.0 Å². The third-order valence-corrected chi connectivity index (χ3v) is 6.66. The molecule has 126 valence electrons. The van der Waals surface area contributed by atoms with Gasteiger partial charge >= 0.3 is 5.97 Å². The molecule has 0 amide bonds. The van der Waals surface area contributed by atoms with E-state index in [0.717, 1.165) is 6.42 Å². The molecule has 0 saturated heterocycles. The van der Waals surface area contributed by atoms with Gasteiger partial charge in [-0.3, -0.25) is 4.79 Å². The van der Waals surface area contributed by atoms with Gasteiger partial charge in [0.15, 0.2) is 0 Å². The second-order valence-electron chi connectivity index (χ2n) is 5.51. The van der Waals surface area contributed by atoms with Crippen molar-refractivity contribution in [3.05, 3.63) is 36.4 Å². The minimum Gasteiger partial charge on any atom is -0.508 e. The molecule has 1 aromatic carbocycles. The first-order valence-corrected chi connectivity index (χ1v) is 10.1. The fraction of sp³-hybridized carbons (Fsp3) is 0.400. The minimum atomic E-state index is -0.982.